The van der Waals surface area contributed by atoms with E-state index in [1.54, 1.807) is 13.2 Å². The summed E-state index contributed by atoms with van der Waals surface area (Å²) < 4.78 is 22.0. The SMILES string of the molecule is CCOCc1ccccc1CNC(=O)/C=C/c1ccc(OCc2c(C)noc2C)c(OC)c1. The van der Waals surface area contributed by atoms with Gasteiger partial charge in [-0.05, 0) is 55.7 Å². The smallest absolute Gasteiger partial charge is 0.244 e. The van der Waals surface area contributed by atoms with Crippen molar-refractivity contribution in [2.75, 3.05) is 13.7 Å². The minimum Gasteiger partial charge on any atom is -0.493 e. The predicted octanol–water partition coefficient (Wildman–Crippen LogP) is 4.75. The summed E-state index contributed by atoms with van der Waals surface area (Å²) in [6.07, 6.45) is 3.24. The molecule has 1 amide bonds. The Balaban J connectivity index is 1.59. The lowest BCUT2D eigenvalue weighted by Gasteiger charge is -2.11. The molecule has 0 saturated carbocycles. The van der Waals surface area contributed by atoms with Gasteiger partial charge in [0.2, 0.25) is 5.91 Å². The normalized spacial score (nSPS) is 11.0. The van der Waals surface area contributed by atoms with Gasteiger partial charge in [-0.25, -0.2) is 0 Å². The lowest BCUT2D eigenvalue weighted by molar-refractivity contribution is -0.116. The number of carbonyl (C=O) groups is 1. The number of amides is 1. The van der Waals surface area contributed by atoms with E-state index >= 15 is 0 Å². The molecule has 0 aliphatic rings. The Hall–Kier alpha value is -3.58. The number of rotatable bonds is 11. The Kier molecular flexibility index (Phi) is 8.66. The standard InChI is InChI=1S/C26H30N2O5/c1-5-31-16-22-9-7-6-8-21(22)15-27-26(29)13-11-20-10-12-24(25(14-20)30-4)32-17-23-18(2)28-33-19(23)3/h6-14H,5,15-17H2,1-4H3,(H,27,29)/b13-11+. The zero-order chi connectivity index (χ0) is 23.6. The maximum absolute atomic E-state index is 12.3. The van der Waals surface area contributed by atoms with E-state index < -0.39 is 0 Å². The third-order valence-electron chi connectivity index (χ3n) is 5.20. The van der Waals surface area contributed by atoms with E-state index in [0.717, 1.165) is 33.7 Å². The number of benzene rings is 2. The van der Waals surface area contributed by atoms with E-state index in [0.29, 0.717) is 37.9 Å². The van der Waals surface area contributed by atoms with Crippen LogP contribution in [0.1, 0.15) is 40.6 Å². The second kappa shape index (κ2) is 11.9. The Labute approximate surface area is 194 Å². The van der Waals surface area contributed by atoms with Crippen LogP contribution in [0.2, 0.25) is 0 Å². The first-order chi connectivity index (χ1) is 16.0. The van der Waals surface area contributed by atoms with Crippen LogP contribution in [-0.4, -0.2) is 24.8 Å². The number of hydrogen-bond acceptors (Lipinski definition) is 6. The maximum Gasteiger partial charge on any atom is 0.244 e. The molecule has 0 atom stereocenters. The lowest BCUT2D eigenvalue weighted by atomic mass is 10.1. The Morgan fingerprint density at radius 2 is 1.88 bits per heavy atom. The largest absolute Gasteiger partial charge is 0.493 e. The van der Waals surface area contributed by atoms with E-state index in [2.05, 4.69) is 10.5 Å². The molecule has 1 heterocycles. The first kappa shape index (κ1) is 24.1. The summed E-state index contributed by atoms with van der Waals surface area (Å²) in [5.74, 6) is 1.73. The van der Waals surface area contributed by atoms with Crippen LogP contribution in [0.4, 0.5) is 0 Å². The van der Waals surface area contributed by atoms with Gasteiger partial charge in [0, 0.05) is 19.2 Å². The molecule has 3 aromatic rings. The zero-order valence-corrected chi connectivity index (χ0v) is 19.5. The van der Waals surface area contributed by atoms with E-state index in [-0.39, 0.29) is 5.91 Å². The number of nitrogens with one attached hydrogen (secondary N) is 1. The lowest BCUT2D eigenvalue weighted by Crippen LogP contribution is -2.21. The molecular weight excluding hydrogens is 420 g/mol. The van der Waals surface area contributed by atoms with Crippen LogP contribution in [0.15, 0.2) is 53.1 Å². The molecule has 2 aromatic carbocycles. The Morgan fingerprint density at radius 3 is 2.58 bits per heavy atom. The molecule has 1 N–H and O–H groups in total. The molecule has 0 fully saturated rings. The fourth-order valence-electron chi connectivity index (χ4n) is 3.26. The highest BCUT2D eigenvalue weighted by atomic mass is 16.5. The molecule has 0 unspecified atom stereocenters. The first-order valence-electron chi connectivity index (χ1n) is 10.8. The van der Waals surface area contributed by atoms with Gasteiger partial charge in [0.15, 0.2) is 11.5 Å². The highest BCUT2D eigenvalue weighted by Crippen LogP contribution is 2.30. The van der Waals surface area contributed by atoms with Crippen molar-refractivity contribution in [1.82, 2.24) is 10.5 Å². The first-order valence-corrected chi connectivity index (χ1v) is 10.8. The second-order valence-corrected chi connectivity index (χ2v) is 7.46. The van der Waals surface area contributed by atoms with Gasteiger partial charge in [-0.3, -0.25) is 4.79 Å². The molecule has 174 valence electrons. The highest BCUT2D eigenvalue weighted by Gasteiger charge is 2.12. The van der Waals surface area contributed by atoms with E-state index in [4.69, 9.17) is 18.7 Å². The van der Waals surface area contributed by atoms with Crippen LogP contribution < -0.4 is 14.8 Å². The highest BCUT2D eigenvalue weighted by molar-refractivity contribution is 5.91. The summed E-state index contributed by atoms with van der Waals surface area (Å²) in [5, 5.41) is 6.86. The monoisotopic (exact) mass is 450 g/mol. The summed E-state index contributed by atoms with van der Waals surface area (Å²) in [4.78, 5) is 12.3. The molecule has 7 heteroatoms. The summed E-state index contributed by atoms with van der Waals surface area (Å²) in [5.41, 5.74) is 4.65. The summed E-state index contributed by atoms with van der Waals surface area (Å²) in [7, 11) is 1.58. The predicted molar refractivity (Wildman–Crippen MR) is 126 cm³/mol. The minimum absolute atomic E-state index is 0.182. The van der Waals surface area contributed by atoms with Crippen molar-refractivity contribution >= 4 is 12.0 Å². The number of carbonyl (C=O) groups excluding carboxylic acids is 1. The molecule has 0 bridgehead atoms. The molecule has 3 rings (SSSR count). The molecule has 0 radical (unpaired) electrons. The summed E-state index contributed by atoms with van der Waals surface area (Å²) >= 11 is 0. The number of methoxy groups -OCH3 is 1. The maximum atomic E-state index is 12.3. The van der Waals surface area contributed by atoms with E-state index in [1.807, 2.05) is 63.2 Å². The van der Waals surface area contributed by atoms with Crippen LogP contribution in [0.25, 0.3) is 6.08 Å². The summed E-state index contributed by atoms with van der Waals surface area (Å²) in [6.45, 7) is 7.64. The van der Waals surface area contributed by atoms with Crippen molar-refractivity contribution in [2.45, 2.75) is 40.5 Å². The molecular formula is C26H30N2O5. The number of hydrogen-bond donors (Lipinski definition) is 1. The fraction of sp³-hybridized carbons (Fsp3) is 0.308. The average Bonchev–Trinajstić information content (AvgIpc) is 3.16. The van der Waals surface area contributed by atoms with Crippen LogP contribution in [-0.2, 0) is 29.3 Å². The van der Waals surface area contributed by atoms with Gasteiger partial charge in [-0.1, -0.05) is 35.5 Å². The van der Waals surface area contributed by atoms with Gasteiger partial charge in [0.25, 0.3) is 0 Å². The van der Waals surface area contributed by atoms with Gasteiger partial charge >= 0.3 is 0 Å². The van der Waals surface area contributed by atoms with Gasteiger partial charge in [-0.15, -0.1) is 0 Å². The van der Waals surface area contributed by atoms with Crippen LogP contribution in [0.3, 0.4) is 0 Å². The van der Waals surface area contributed by atoms with Gasteiger partial charge in [0.05, 0.1) is 25.0 Å². The number of nitrogens with zero attached hydrogens (tertiary/aromatic N) is 1. The second-order valence-electron chi connectivity index (χ2n) is 7.46. The molecule has 1 aromatic heterocycles. The molecule has 0 spiro atoms. The van der Waals surface area contributed by atoms with Crippen molar-refractivity contribution < 1.29 is 23.5 Å². The van der Waals surface area contributed by atoms with Crippen molar-refractivity contribution in [3.8, 4) is 11.5 Å². The molecule has 7 nitrogen and oxygen atoms in total. The molecule has 33 heavy (non-hydrogen) atoms. The topological polar surface area (TPSA) is 82.8 Å². The van der Waals surface area contributed by atoms with Crippen LogP contribution >= 0.6 is 0 Å². The van der Waals surface area contributed by atoms with Gasteiger partial charge in [-0.2, -0.15) is 0 Å². The third-order valence-corrected chi connectivity index (χ3v) is 5.20. The van der Waals surface area contributed by atoms with Gasteiger partial charge < -0.3 is 24.1 Å². The fourth-order valence-corrected chi connectivity index (χ4v) is 3.26. The van der Waals surface area contributed by atoms with Crippen molar-refractivity contribution in [2.24, 2.45) is 0 Å². The van der Waals surface area contributed by atoms with E-state index in [9.17, 15) is 4.79 Å². The van der Waals surface area contributed by atoms with Gasteiger partial charge in [0.1, 0.15) is 12.4 Å². The minimum atomic E-state index is -0.182. The number of aromatic nitrogens is 1. The van der Waals surface area contributed by atoms with Crippen molar-refractivity contribution in [3.63, 3.8) is 0 Å². The van der Waals surface area contributed by atoms with Crippen molar-refractivity contribution in [3.05, 3.63) is 82.2 Å². The molecule has 0 aliphatic carbocycles. The average molecular weight is 451 g/mol. The molecule has 0 aliphatic heterocycles. The van der Waals surface area contributed by atoms with Crippen LogP contribution in [0, 0.1) is 13.8 Å². The van der Waals surface area contributed by atoms with Crippen molar-refractivity contribution in [1.29, 1.82) is 0 Å². The Bertz CT molecular complexity index is 1080. The summed E-state index contributed by atoms with van der Waals surface area (Å²) in [6, 6.07) is 13.4. The Morgan fingerprint density at radius 1 is 1.09 bits per heavy atom. The quantitative estimate of drug-likeness (QED) is 0.425. The zero-order valence-electron chi connectivity index (χ0n) is 19.5. The number of ether oxygens (including phenoxy) is 3. The number of aryl methyl sites for hydroxylation is 2. The third kappa shape index (κ3) is 6.70. The molecule has 0 saturated heterocycles. The van der Waals surface area contributed by atoms with E-state index in [1.165, 1.54) is 6.08 Å². The van der Waals surface area contributed by atoms with Crippen LogP contribution in [0.5, 0.6) is 11.5 Å².